The highest BCUT2D eigenvalue weighted by Crippen LogP contribution is 2.40. The van der Waals surface area contributed by atoms with Crippen molar-refractivity contribution < 1.29 is 19.0 Å². The second-order valence-electron chi connectivity index (χ2n) is 8.35. The largest absolute Gasteiger partial charge is 0.496 e. The van der Waals surface area contributed by atoms with Crippen LogP contribution in [-0.2, 0) is 13.1 Å². The Labute approximate surface area is 204 Å². The maximum Gasteiger partial charge on any atom is 0.254 e. The van der Waals surface area contributed by atoms with Crippen molar-refractivity contribution in [2.24, 2.45) is 0 Å². The smallest absolute Gasteiger partial charge is 0.254 e. The van der Waals surface area contributed by atoms with E-state index in [1.54, 1.807) is 20.4 Å². The molecule has 0 saturated heterocycles. The van der Waals surface area contributed by atoms with Gasteiger partial charge in [-0.15, -0.1) is 0 Å². The zero-order valence-corrected chi connectivity index (χ0v) is 19.8. The highest BCUT2D eigenvalue weighted by molar-refractivity contribution is 5.94. The fraction of sp³-hybridized carbons (Fsp3) is 0.214. The summed E-state index contributed by atoms with van der Waals surface area (Å²) in [7, 11) is 3.29. The van der Waals surface area contributed by atoms with E-state index in [0.29, 0.717) is 43.3 Å². The van der Waals surface area contributed by atoms with Crippen LogP contribution in [0.5, 0.6) is 17.2 Å². The van der Waals surface area contributed by atoms with Crippen molar-refractivity contribution in [3.05, 3.63) is 95.8 Å². The molecule has 0 spiro atoms. The lowest BCUT2D eigenvalue weighted by Crippen LogP contribution is -2.32. The van der Waals surface area contributed by atoms with Gasteiger partial charge < -0.3 is 19.1 Å². The summed E-state index contributed by atoms with van der Waals surface area (Å²) in [5, 5.41) is 4.26. The highest BCUT2D eigenvalue weighted by Gasteiger charge is 2.25. The van der Waals surface area contributed by atoms with Gasteiger partial charge in [-0.25, -0.2) is 0 Å². The Morgan fingerprint density at radius 3 is 2.66 bits per heavy atom. The van der Waals surface area contributed by atoms with E-state index in [9.17, 15) is 4.79 Å². The van der Waals surface area contributed by atoms with Gasteiger partial charge in [0.2, 0.25) is 0 Å². The number of aromatic nitrogens is 2. The summed E-state index contributed by atoms with van der Waals surface area (Å²) in [5.74, 6) is 2.05. The van der Waals surface area contributed by atoms with Gasteiger partial charge in [-0.2, -0.15) is 5.10 Å². The van der Waals surface area contributed by atoms with Crippen molar-refractivity contribution in [1.82, 2.24) is 14.7 Å². The van der Waals surface area contributed by atoms with Crippen LogP contribution in [0.3, 0.4) is 0 Å². The van der Waals surface area contributed by atoms with Gasteiger partial charge in [-0.1, -0.05) is 30.3 Å². The zero-order valence-electron chi connectivity index (χ0n) is 19.8. The Morgan fingerprint density at radius 2 is 1.86 bits per heavy atom. The van der Waals surface area contributed by atoms with Crippen molar-refractivity contribution in [3.8, 4) is 28.4 Å². The first-order valence-electron chi connectivity index (χ1n) is 11.5. The number of benzene rings is 3. The third-order valence-electron chi connectivity index (χ3n) is 6.10. The van der Waals surface area contributed by atoms with Crippen LogP contribution in [0.2, 0.25) is 0 Å². The van der Waals surface area contributed by atoms with Crippen LogP contribution >= 0.6 is 0 Å². The van der Waals surface area contributed by atoms with E-state index in [1.807, 2.05) is 76.4 Å². The number of methoxy groups -OCH3 is 2. The summed E-state index contributed by atoms with van der Waals surface area (Å²) in [5.41, 5.74) is 4.45. The summed E-state index contributed by atoms with van der Waals surface area (Å²) in [4.78, 5) is 15.3. The lowest BCUT2D eigenvalue weighted by atomic mass is 10.00. The molecule has 0 aliphatic carbocycles. The van der Waals surface area contributed by atoms with Crippen LogP contribution in [0.25, 0.3) is 11.1 Å². The molecule has 1 aromatic heterocycles. The minimum absolute atomic E-state index is 0.0366. The van der Waals surface area contributed by atoms with Crippen LogP contribution < -0.4 is 14.2 Å². The Bertz CT molecular complexity index is 1330. The van der Waals surface area contributed by atoms with Crippen molar-refractivity contribution in [2.45, 2.75) is 13.1 Å². The fourth-order valence-electron chi connectivity index (χ4n) is 4.41. The highest BCUT2D eigenvalue weighted by atomic mass is 16.5. The summed E-state index contributed by atoms with van der Waals surface area (Å²) in [6.45, 7) is 1.89. The average Bonchev–Trinajstić information content (AvgIpc) is 3.31. The average molecular weight is 470 g/mol. The van der Waals surface area contributed by atoms with E-state index in [2.05, 4.69) is 11.2 Å². The predicted molar refractivity (Wildman–Crippen MR) is 133 cm³/mol. The van der Waals surface area contributed by atoms with Gasteiger partial charge in [0.15, 0.2) is 11.5 Å². The first-order chi connectivity index (χ1) is 17.2. The van der Waals surface area contributed by atoms with E-state index in [4.69, 9.17) is 14.2 Å². The molecule has 0 N–H and O–H groups in total. The van der Waals surface area contributed by atoms with Crippen molar-refractivity contribution in [1.29, 1.82) is 0 Å². The van der Waals surface area contributed by atoms with Gasteiger partial charge in [0.25, 0.3) is 5.91 Å². The van der Waals surface area contributed by atoms with Crippen molar-refractivity contribution in [3.63, 3.8) is 0 Å². The van der Waals surface area contributed by atoms with Crippen LogP contribution in [0.15, 0.2) is 79.1 Å². The van der Waals surface area contributed by atoms with Gasteiger partial charge in [-0.05, 0) is 47.5 Å². The molecular weight excluding hydrogens is 442 g/mol. The molecule has 1 amide bonds. The minimum atomic E-state index is -0.0366. The Hall–Kier alpha value is -4.26. The molecule has 0 atom stereocenters. The number of amides is 1. The van der Waals surface area contributed by atoms with E-state index >= 15 is 0 Å². The first kappa shape index (κ1) is 22.5. The number of para-hydroxylation sites is 1. The number of carbonyl (C=O) groups excluding carboxylic acids is 1. The fourth-order valence-corrected chi connectivity index (χ4v) is 4.41. The van der Waals surface area contributed by atoms with Crippen LogP contribution in [-0.4, -0.2) is 48.0 Å². The maximum absolute atomic E-state index is 13.5. The standard InChI is InChI=1S/C28H27N3O4/c1-33-25-10-4-3-9-24(25)22-16-23-19-30(13-14-35-27(23)26(17-22)34-2)28(32)21-8-5-7-20(15-21)18-31-12-6-11-29-31/h3-12,15-17H,13-14,18-19H2,1-2H3. The predicted octanol–water partition coefficient (Wildman–Crippen LogP) is 4.65. The number of nitrogens with zero attached hydrogens (tertiary/aromatic N) is 3. The molecule has 0 unspecified atom stereocenters. The summed E-state index contributed by atoms with van der Waals surface area (Å²) in [6.07, 6.45) is 3.65. The van der Waals surface area contributed by atoms with E-state index in [1.165, 1.54) is 0 Å². The van der Waals surface area contributed by atoms with Gasteiger partial charge in [-0.3, -0.25) is 9.48 Å². The normalized spacial score (nSPS) is 12.9. The molecule has 7 heteroatoms. The van der Waals surface area contributed by atoms with E-state index < -0.39 is 0 Å². The number of hydrogen-bond acceptors (Lipinski definition) is 5. The molecule has 1 aliphatic heterocycles. The molecular formula is C28H27N3O4. The second kappa shape index (κ2) is 9.93. The number of fused-ring (bicyclic) bond motifs is 1. The molecule has 0 bridgehead atoms. The maximum atomic E-state index is 13.5. The van der Waals surface area contributed by atoms with E-state index in [0.717, 1.165) is 28.0 Å². The minimum Gasteiger partial charge on any atom is -0.496 e. The second-order valence-corrected chi connectivity index (χ2v) is 8.35. The SMILES string of the molecule is COc1ccccc1-c1cc2c(c(OC)c1)OCCN(C(=O)c1cccc(Cn3cccn3)c1)C2. The monoisotopic (exact) mass is 469 g/mol. The zero-order chi connectivity index (χ0) is 24.2. The first-order valence-corrected chi connectivity index (χ1v) is 11.5. The molecule has 0 radical (unpaired) electrons. The molecule has 4 aromatic rings. The molecule has 178 valence electrons. The van der Waals surface area contributed by atoms with Gasteiger partial charge in [0, 0.05) is 35.6 Å². The molecule has 0 fully saturated rings. The third kappa shape index (κ3) is 4.71. The lowest BCUT2D eigenvalue weighted by Gasteiger charge is -2.21. The van der Waals surface area contributed by atoms with Gasteiger partial charge >= 0.3 is 0 Å². The summed E-state index contributed by atoms with van der Waals surface area (Å²) in [6, 6.07) is 21.4. The molecule has 0 saturated carbocycles. The van der Waals surface area contributed by atoms with Crippen LogP contribution in [0.4, 0.5) is 0 Å². The number of carbonyl (C=O) groups is 1. The lowest BCUT2D eigenvalue weighted by molar-refractivity contribution is 0.0733. The van der Waals surface area contributed by atoms with Crippen molar-refractivity contribution in [2.75, 3.05) is 27.4 Å². The van der Waals surface area contributed by atoms with Crippen molar-refractivity contribution >= 4 is 5.91 Å². The van der Waals surface area contributed by atoms with Gasteiger partial charge in [0.05, 0.1) is 27.3 Å². The quantitative estimate of drug-likeness (QED) is 0.411. The Balaban J connectivity index is 1.45. The number of hydrogen-bond donors (Lipinski definition) is 0. The third-order valence-corrected chi connectivity index (χ3v) is 6.10. The summed E-state index contributed by atoms with van der Waals surface area (Å²) >= 11 is 0. The molecule has 7 nitrogen and oxygen atoms in total. The van der Waals surface area contributed by atoms with Crippen LogP contribution in [0.1, 0.15) is 21.5 Å². The molecule has 5 rings (SSSR count). The van der Waals surface area contributed by atoms with E-state index in [-0.39, 0.29) is 5.91 Å². The van der Waals surface area contributed by atoms with Gasteiger partial charge in [0.1, 0.15) is 12.4 Å². The number of rotatable bonds is 6. The van der Waals surface area contributed by atoms with Crippen LogP contribution in [0, 0.1) is 0 Å². The Kier molecular flexibility index (Phi) is 6.39. The topological polar surface area (TPSA) is 65.8 Å². The Morgan fingerprint density at radius 1 is 1.00 bits per heavy atom. The molecule has 3 aromatic carbocycles. The molecule has 1 aliphatic rings. The molecule has 35 heavy (non-hydrogen) atoms. The number of ether oxygens (including phenoxy) is 3. The summed E-state index contributed by atoms with van der Waals surface area (Å²) < 4.78 is 19.1. The molecule has 2 heterocycles.